The normalized spacial score (nSPS) is 14.9. The van der Waals surface area contributed by atoms with E-state index in [-0.39, 0.29) is 5.91 Å². The van der Waals surface area contributed by atoms with E-state index in [1.807, 2.05) is 36.4 Å². The van der Waals surface area contributed by atoms with Crippen LogP contribution in [0.5, 0.6) is 0 Å². The molecule has 1 aliphatic carbocycles. The molecule has 106 valence electrons. The molecule has 0 atom stereocenters. The number of amides is 1. The van der Waals surface area contributed by atoms with E-state index >= 15 is 0 Å². The van der Waals surface area contributed by atoms with Crippen molar-refractivity contribution in [1.82, 2.24) is 15.6 Å². The van der Waals surface area contributed by atoms with E-state index in [1.165, 1.54) is 12.8 Å². The summed E-state index contributed by atoms with van der Waals surface area (Å²) >= 11 is 0. The summed E-state index contributed by atoms with van der Waals surface area (Å²) in [7, 11) is 0. The van der Waals surface area contributed by atoms with Crippen LogP contribution in [-0.4, -0.2) is 22.3 Å². The van der Waals surface area contributed by atoms with Crippen LogP contribution in [0.25, 0.3) is 6.08 Å². The number of hydrogen-bond donors (Lipinski definition) is 2. The van der Waals surface area contributed by atoms with Crippen molar-refractivity contribution >= 4 is 18.2 Å². The van der Waals surface area contributed by atoms with Crippen LogP contribution in [0.15, 0.2) is 47.6 Å². The van der Waals surface area contributed by atoms with E-state index in [0.717, 1.165) is 11.3 Å². The molecule has 1 aromatic heterocycles. The molecule has 1 saturated carbocycles. The maximum absolute atomic E-state index is 11.8. The highest BCUT2D eigenvalue weighted by Crippen LogP contribution is 2.38. The van der Waals surface area contributed by atoms with E-state index in [4.69, 9.17) is 0 Å². The van der Waals surface area contributed by atoms with E-state index in [0.29, 0.717) is 11.6 Å². The first kappa shape index (κ1) is 13.3. The molecule has 0 spiro atoms. The number of nitrogens with zero attached hydrogens (tertiary/aromatic N) is 2. The number of nitrogens with one attached hydrogen (secondary N) is 2. The van der Waals surface area contributed by atoms with Crippen LogP contribution in [0.1, 0.15) is 40.5 Å². The number of aromatic nitrogens is 2. The fourth-order valence-electron chi connectivity index (χ4n) is 1.97. The van der Waals surface area contributed by atoms with Crippen molar-refractivity contribution in [3.05, 3.63) is 59.4 Å². The molecule has 1 aliphatic rings. The third-order valence-electron chi connectivity index (χ3n) is 3.26. The van der Waals surface area contributed by atoms with Crippen molar-refractivity contribution in [2.75, 3.05) is 0 Å². The van der Waals surface area contributed by atoms with Gasteiger partial charge in [0.2, 0.25) is 0 Å². The molecular formula is C16H16N4O. The van der Waals surface area contributed by atoms with Crippen molar-refractivity contribution in [2.24, 2.45) is 5.10 Å². The van der Waals surface area contributed by atoms with Crippen LogP contribution in [0.4, 0.5) is 0 Å². The van der Waals surface area contributed by atoms with Gasteiger partial charge in [0.05, 0.1) is 0 Å². The third-order valence-corrected chi connectivity index (χ3v) is 3.26. The van der Waals surface area contributed by atoms with Crippen LogP contribution in [0.2, 0.25) is 0 Å². The molecule has 3 rings (SSSR count). The molecule has 1 heterocycles. The standard InChI is InChI=1S/C16H16N4O/c21-16(15-11-14(18-19-15)13-8-9-13)20-17-10-4-7-12-5-2-1-3-6-12/h1-7,10-11,13H,8-9H2,(H,18,19)(H,20,21)/b7-4+,17-10?. The first-order valence-corrected chi connectivity index (χ1v) is 6.93. The Labute approximate surface area is 122 Å². The average molecular weight is 280 g/mol. The Kier molecular flexibility index (Phi) is 3.91. The van der Waals surface area contributed by atoms with Gasteiger partial charge in [-0.3, -0.25) is 9.89 Å². The van der Waals surface area contributed by atoms with Gasteiger partial charge in [0.25, 0.3) is 5.91 Å². The zero-order valence-corrected chi connectivity index (χ0v) is 11.5. The number of benzene rings is 1. The average Bonchev–Trinajstić information content (AvgIpc) is 3.25. The number of allylic oxidation sites excluding steroid dienone is 1. The first-order valence-electron chi connectivity index (χ1n) is 6.93. The summed E-state index contributed by atoms with van der Waals surface area (Å²) < 4.78 is 0. The Balaban J connectivity index is 1.50. The minimum Gasteiger partial charge on any atom is -0.281 e. The second kappa shape index (κ2) is 6.17. The molecule has 5 nitrogen and oxygen atoms in total. The summed E-state index contributed by atoms with van der Waals surface area (Å²) in [6, 6.07) is 11.7. The number of carbonyl (C=O) groups is 1. The van der Waals surface area contributed by atoms with Crippen molar-refractivity contribution in [3.8, 4) is 0 Å². The quantitative estimate of drug-likeness (QED) is 0.653. The Morgan fingerprint density at radius 3 is 2.90 bits per heavy atom. The second-order valence-corrected chi connectivity index (χ2v) is 4.97. The van der Waals surface area contributed by atoms with E-state index in [2.05, 4.69) is 20.7 Å². The second-order valence-electron chi connectivity index (χ2n) is 4.97. The number of H-pyrrole nitrogens is 1. The molecule has 21 heavy (non-hydrogen) atoms. The SMILES string of the molecule is O=C(NN=C/C=C/c1ccccc1)c1cc(C2CC2)[nH]n1. The smallest absolute Gasteiger partial charge is 0.281 e. The van der Waals surface area contributed by atoms with Crippen LogP contribution < -0.4 is 5.43 Å². The van der Waals surface area contributed by atoms with Gasteiger partial charge in [-0.1, -0.05) is 36.4 Å². The highest BCUT2D eigenvalue weighted by molar-refractivity contribution is 5.93. The highest BCUT2D eigenvalue weighted by atomic mass is 16.2. The molecule has 0 radical (unpaired) electrons. The number of carbonyl (C=O) groups excluding carboxylic acids is 1. The Morgan fingerprint density at radius 1 is 1.33 bits per heavy atom. The summed E-state index contributed by atoms with van der Waals surface area (Å²) in [6.07, 6.45) is 7.57. The van der Waals surface area contributed by atoms with Gasteiger partial charge in [0, 0.05) is 17.8 Å². The molecule has 0 unspecified atom stereocenters. The van der Waals surface area contributed by atoms with Crippen molar-refractivity contribution in [1.29, 1.82) is 0 Å². The van der Waals surface area contributed by atoms with Crippen LogP contribution in [0.3, 0.4) is 0 Å². The lowest BCUT2D eigenvalue weighted by atomic mass is 10.2. The predicted molar refractivity (Wildman–Crippen MR) is 82.0 cm³/mol. The monoisotopic (exact) mass is 280 g/mol. The molecular weight excluding hydrogens is 264 g/mol. The Bertz CT molecular complexity index is 669. The maximum Gasteiger partial charge on any atom is 0.291 e. The van der Waals surface area contributed by atoms with Gasteiger partial charge in [-0.05, 0) is 30.5 Å². The summed E-state index contributed by atoms with van der Waals surface area (Å²) in [5, 5.41) is 10.8. The molecule has 1 aromatic carbocycles. The highest BCUT2D eigenvalue weighted by Gasteiger charge is 2.26. The maximum atomic E-state index is 11.8. The zero-order valence-electron chi connectivity index (χ0n) is 11.5. The van der Waals surface area contributed by atoms with Crippen molar-refractivity contribution < 1.29 is 4.79 Å². The fraction of sp³-hybridized carbons (Fsp3) is 0.188. The molecule has 0 aliphatic heterocycles. The van der Waals surface area contributed by atoms with Gasteiger partial charge in [-0.25, -0.2) is 5.43 Å². The lowest BCUT2D eigenvalue weighted by Crippen LogP contribution is -2.17. The van der Waals surface area contributed by atoms with Gasteiger partial charge in [0.1, 0.15) is 0 Å². The first-order chi connectivity index (χ1) is 10.3. The molecule has 2 N–H and O–H groups in total. The summed E-state index contributed by atoms with van der Waals surface area (Å²) in [5.41, 5.74) is 4.95. The minimum absolute atomic E-state index is 0.303. The van der Waals surface area contributed by atoms with Crippen molar-refractivity contribution in [3.63, 3.8) is 0 Å². The molecule has 1 fully saturated rings. The van der Waals surface area contributed by atoms with Crippen molar-refractivity contribution in [2.45, 2.75) is 18.8 Å². The van der Waals surface area contributed by atoms with Gasteiger partial charge in [0.15, 0.2) is 5.69 Å². The van der Waals surface area contributed by atoms with E-state index < -0.39 is 0 Å². The van der Waals surface area contributed by atoms with Crippen LogP contribution >= 0.6 is 0 Å². The molecule has 5 heteroatoms. The molecule has 2 aromatic rings. The number of rotatable bonds is 5. The van der Waals surface area contributed by atoms with E-state index in [1.54, 1.807) is 18.4 Å². The number of hydrogen-bond acceptors (Lipinski definition) is 3. The predicted octanol–water partition coefficient (Wildman–Crippen LogP) is 2.72. The summed E-state index contributed by atoms with van der Waals surface area (Å²) in [5.74, 6) is 0.249. The molecule has 0 bridgehead atoms. The Hall–Kier alpha value is -2.69. The molecule has 1 amide bonds. The minimum atomic E-state index is -0.303. The number of hydrazone groups is 1. The lowest BCUT2D eigenvalue weighted by molar-refractivity contribution is 0.0950. The fourth-order valence-corrected chi connectivity index (χ4v) is 1.97. The summed E-state index contributed by atoms with van der Waals surface area (Å²) in [6.45, 7) is 0. The molecule has 0 saturated heterocycles. The van der Waals surface area contributed by atoms with Gasteiger partial charge in [-0.15, -0.1) is 0 Å². The van der Waals surface area contributed by atoms with Gasteiger partial charge in [-0.2, -0.15) is 10.2 Å². The Morgan fingerprint density at radius 2 is 2.14 bits per heavy atom. The number of aromatic amines is 1. The van der Waals surface area contributed by atoms with Crippen LogP contribution in [0, 0.1) is 0 Å². The van der Waals surface area contributed by atoms with Gasteiger partial charge < -0.3 is 0 Å². The third kappa shape index (κ3) is 3.66. The largest absolute Gasteiger partial charge is 0.291 e. The topological polar surface area (TPSA) is 70.1 Å². The lowest BCUT2D eigenvalue weighted by Gasteiger charge is -1.93. The summed E-state index contributed by atoms with van der Waals surface area (Å²) in [4.78, 5) is 11.8. The van der Waals surface area contributed by atoms with Gasteiger partial charge >= 0.3 is 0 Å². The van der Waals surface area contributed by atoms with Crippen LogP contribution in [-0.2, 0) is 0 Å². The van der Waals surface area contributed by atoms with E-state index in [9.17, 15) is 4.79 Å². The zero-order chi connectivity index (χ0) is 14.5.